The maximum Gasteiger partial charge on any atom is 0.328 e. The van der Waals surface area contributed by atoms with Crippen LogP contribution in [-0.4, -0.2) is 28.9 Å². The highest BCUT2D eigenvalue weighted by Gasteiger charge is 2.22. The van der Waals surface area contributed by atoms with Gasteiger partial charge >= 0.3 is 5.97 Å². The van der Waals surface area contributed by atoms with Crippen molar-refractivity contribution in [1.82, 2.24) is 4.90 Å². The summed E-state index contributed by atoms with van der Waals surface area (Å²) in [4.78, 5) is 22.9. The molecule has 0 aliphatic carbocycles. The van der Waals surface area contributed by atoms with E-state index in [0.717, 1.165) is 17.1 Å². The molecule has 1 atom stereocenters. The zero-order valence-corrected chi connectivity index (χ0v) is 9.03. The average molecular weight is 234 g/mol. The molecule has 0 bridgehead atoms. The number of amides is 1. The van der Waals surface area contributed by atoms with Crippen LogP contribution in [0.25, 0.3) is 0 Å². The molecular weight excluding hydrogens is 224 g/mol. The molecule has 1 amide bonds. The molecule has 1 aromatic heterocycles. The van der Waals surface area contributed by atoms with E-state index >= 15 is 0 Å². The number of nitriles is 1. The first kappa shape index (κ1) is 12.5. The number of carboxylic acid groups (broad SMARTS) is 1. The predicted molar refractivity (Wildman–Crippen MR) is 56.6 cm³/mol. The second kappa shape index (κ2) is 5.51. The van der Waals surface area contributed by atoms with Crippen LogP contribution in [0.3, 0.4) is 0 Å². The first-order valence-corrected chi connectivity index (χ1v) is 4.67. The van der Waals surface area contributed by atoms with E-state index in [0.29, 0.717) is 5.76 Å². The fraction of sp³-hybridized carbons (Fsp3) is 0.182. The van der Waals surface area contributed by atoms with Crippen LogP contribution in [0.2, 0.25) is 0 Å². The molecule has 1 aromatic rings. The van der Waals surface area contributed by atoms with Gasteiger partial charge in [-0.15, -0.1) is 0 Å². The SMILES string of the molecule is CN(C(=O)/C=C/C(=O)O)C(C#N)c1ccco1. The first-order valence-electron chi connectivity index (χ1n) is 4.67. The number of carbonyl (C=O) groups is 2. The molecule has 6 heteroatoms. The van der Waals surface area contributed by atoms with E-state index in [1.54, 1.807) is 12.1 Å². The molecule has 6 nitrogen and oxygen atoms in total. The van der Waals surface area contributed by atoms with Crippen molar-refractivity contribution >= 4 is 11.9 Å². The van der Waals surface area contributed by atoms with Gasteiger partial charge in [0.1, 0.15) is 5.76 Å². The molecule has 88 valence electrons. The van der Waals surface area contributed by atoms with Crippen LogP contribution in [0.4, 0.5) is 0 Å². The Bertz CT molecular complexity index is 470. The molecule has 0 saturated carbocycles. The maximum atomic E-state index is 11.5. The molecular formula is C11H10N2O4. The Morgan fingerprint density at radius 2 is 2.29 bits per heavy atom. The van der Waals surface area contributed by atoms with E-state index in [-0.39, 0.29) is 0 Å². The summed E-state index contributed by atoms with van der Waals surface area (Å²) in [5.74, 6) is -1.49. The third kappa shape index (κ3) is 3.21. The van der Waals surface area contributed by atoms with Crippen LogP contribution < -0.4 is 0 Å². The minimum atomic E-state index is -1.22. The summed E-state index contributed by atoms with van der Waals surface area (Å²) in [5.41, 5.74) is 0. The van der Waals surface area contributed by atoms with Gasteiger partial charge in [-0.3, -0.25) is 4.79 Å². The van der Waals surface area contributed by atoms with Crippen molar-refractivity contribution < 1.29 is 19.1 Å². The van der Waals surface area contributed by atoms with Gasteiger partial charge in [-0.25, -0.2) is 4.79 Å². The summed E-state index contributed by atoms with van der Waals surface area (Å²) in [6.45, 7) is 0. The molecule has 0 aromatic carbocycles. The standard InChI is InChI=1S/C11H10N2O4/c1-13(10(14)4-5-11(15)16)8(7-12)9-3-2-6-17-9/h2-6,8H,1H3,(H,15,16)/b5-4+. The summed E-state index contributed by atoms with van der Waals surface area (Å²) in [5, 5.41) is 17.3. The Morgan fingerprint density at radius 3 is 2.76 bits per heavy atom. The predicted octanol–water partition coefficient (Wildman–Crippen LogP) is 0.943. The fourth-order valence-corrected chi connectivity index (χ4v) is 1.18. The van der Waals surface area contributed by atoms with Gasteiger partial charge in [0.15, 0.2) is 6.04 Å². The molecule has 17 heavy (non-hydrogen) atoms. The molecule has 0 aliphatic heterocycles. The Hall–Kier alpha value is -2.55. The van der Waals surface area contributed by atoms with Gasteiger partial charge in [-0.05, 0) is 12.1 Å². The number of rotatable bonds is 4. The van der Waals surface area contributed by atoms with Gasteiger partial charge < -0.3 is 14.4 Å². The average Bonchev–Trinajstić information content (AvgIpc) is 2.80. The lowest BCUT2D eigenvalue weighted by atomic mass is 10.2. The van der Waals surface area contributed by atoms with Crippen LogP contribution in [-0.2, 0) is 9.59 Å². The maximum absolute atomic E-state index is 11.5. The highest BCUT2D eigenvalue weighted by atomic mass is 16.4. The fourth-order valence-electron chi connectivity index (χ4n) is 1.18. The molecule has 1 heterocycles. The third-order valence-electron chi connectivity index (χ3n) is 2.04. The second-order valence-electron chi connectivity index (χ2n) is 3.17. The van der Waals surface area contributed by atoms with Gasteiger partial charge in [-0.2, -0.15) is 5.26 Å². The van der Waals surface area contributed by atoms with Crippen LogP contribution in [0.1, 0.15) is 11.8 Å². The Labute approximate surface area is 97.4 Å². The van der Waals surface area contributed by atoms with E-state index < -0.39 is 17.9 Å². The van der Waals surface area contributed by atoms with Crippen molar-refractivity contribution in [2.45, 2.75) is 6.04 Å². The van der Waals surface area contributed by atoms with Crippen LogP contribution >= 0.6 is 0 Å². The Kier molecular flexibility index (Phi) is 4.06. The van der Waals surface area contributed by atoms with E-state index in [2.05, 4.69) is 0 Å². The monoisotopic (exact) mass is 234 g/mol. The van der Waals surface area contributed by atoms with Crippen LogP contribution in [0.15, 0.2) is 35.0 Å². The Morgan fingerprint density at radius 1 is 1.59 bits per heavy atom. The quantitative estimate of drug-likeness (QED) is 0.782. The summed E-state index contributed by atoms with van der Waals surface area (Å²) in [6, 6.07) is 4.19. The van der Waals surface area contributed by atoms with Gasteiger partial charge in [-0.1, -0.05) is 0 Å². The molecule has 0 aliphatic rings. The Balaban J connectivity index is 2.81. The smallest absolute Gasteiger partial charge is 0.328 e. The van der Waals surface area contributed by atoms with E-state index in [9.17, 15) is 9.59 Å². The zero-order chi connectivity index (χ0) is 12.8. The summed E-state index contributed by atoms with van der Waals surface area (Å²) in [7, 11) is 1.39. The number of aliphatic carboxylic acids is 1. The van der Waals surface area contributed by atoms with Crippen LogP contribution in [0, 0.1) is 11.3 Å². The number of nitrogens with zero attached hydrogens (tertiary/aromatic N) is 2. The van der Waals surface area contributed by atoms with Crippen molar-refractivity contribution in [3.63, 3.8) is 0 Å². The molecule has 0 spiro atoms. The number of hydrogen-bond acceptors (Lipinski definition) is 4. The van der Waals surface area contributed by atoms with Gasteiger partial charge in [0, 0.05) is 19.2 Å². The number of hydrogen-bond donors (Lipinski definition) is 1. The lowest BCUT2D eigenvalue weighted by molar-refractivity contribution is -0.132. The third-order valence-corrected chi connectivity index (χ3v) is 2.04. The lowest BCUT2D eigenvalue weighted by Crippen LogP contribution is -2.28. The topological polar surface area (TPSA) is 94.5 Å². The van der Waals surface area contributed by atoms with Crippen molar-refractivity contribution in [2.75, 3.05) is 7.05 Å². The first-order chi connectivity index (χ1) is 8.06. The van der Waals surface area contributed by atoms with Crippen LogP contribution in [0.5, 0.6) is 0 Å². The number of likely N-dealkylation sites (N-methyl/N-ethyl adjacent to an activating group) is 1. The molecule has 0 saturated heterocycles. The molecule has 0 fully saturated rings. The normalized spacial score (nSPS) is 12.0. The molecule has 0 radical (unpaired) electrons. The van der Waals surface area contributed by atoms with E-state index in [4.69, 9.17) is 14.8 Å². The number of carboxylic acids is 1. The van der Waals surface area contributed by atoms with Gasteiger partial charge in [0.05, 0.1) is 12.3 Å². The summed E-state index contributed by atoms with van der Waals surface area (Å²) < 4.78 is 5.03. The van der Waals surface area contributed by atoms with Crippen molar-refractivity contribution in [1.29, 1.82) is 5.26 Å². The van der Waals surface area contributed by atoms with Crippen molar-refractivity contribution in [3.05, 3.63) is 36.3 Å². The number of furan rings is 1. The zero-order valence-electron chi connectivity index (χ0n) is 9.03. The van der Waals surface area contributed by atoms with Crippen molar-refractivity contribution in [2.24, 2.45) is 0 Å². The molecule has 1 rings (SSSR count). The van der Waals surface area contributed by atoms with E-state index in [1.807, 2.05) is 6.07 Å². The largest absolute Gasteiger partial charge is 0.478 e. The lowest BCUT2D eigenvalue weighted by Gasteiger charge is -2.19. The minimum Gasteiger partial charge on any atom is -0.478 e. The van der Waals surface area contributed by atoms with Gasteiger partial charge in [0.25, 0.3) is 0 Å². The summed E-state index contributed by atoms with van der Waals surface area (Å²) in [6.07, 6.45) is 3.00. The molecule has 1 unspecified atom stereocenters. The number of carbonyl (C=O) groups excluding carboxylic acids is 1. The second-order valence-corrected chi connectivity index (χ2v) is 3.17. The minimum absolute atomic E-state index is 0.326. The highest BCUT2D eigenvalue weighted by Crippen LogP contribution is 2.18. The van der Waals surface area contributed by atoms with Crippen molar-refractivity contribution in [3.8, 4) is 6.07 Å². The summed E-state index contributed by atoms with van der Waals surface area (Å²) >= 11 is 0. The molecule has 1 N–H and O–H groups in total. The van der Waals surface area contributed by atoms with Gasteiger partial charge in [0.2, 0.25) is 5.91 Å². The van der Waals surface area contributed by atoms with E-state index in [1.165, 1.54) is 13.3 Å². The highest BCUT2D eigenvalue weighted by molar-refractivity contribution is 5.94.